The molecule has 0 radical (unpaired) electrons. The molecule has 5 nitrogen and oxygen atoms in total. The van der Waals surface area contributed by atoms with Crippen molar-refractivity contribution in [2.45, 2.75) is 32.6 Å². The Morgan fingerprint density at radius 2 is 1.73 bits per heavy atom. The van der Waals surface area contributed by atoms with Crippen molar-refractivity contribution in [3.8, 4) is 5.75 Å². The molecule has 0 saturated carbocycles. The number of rotatable bonds is 4. The number of nitrogens with zero attached hydrogens (tertiary/aromatic N) is 1. The quantitative estimate of drug-likeness (QED) is 0.354. The molecule has 0 aromatic heterocycles. The number of anilines is 1. The minimum absolute atomic E-state index is 0.0185. The Kier molecular flexibility index (Phi) is 6.42. The van der Waals surface area contributed by atoms with Gasteiger partial charge in [-0.3, -0.25) is 15.1 Å². The fraction of sp³-hybridized carbons (Fsp3) is 0.226. The van der Waals surface area contributed by atoms with E-state index < -0.39 is 5.92 Å². The average Bonchev–Trinajstić information content (AvgIpc) is 2.87. The molecule has 1 aliphatic carbocycles. The third kappa shape index (κ3) is 4.56. The predicted octanol–water partition coefficient (Wildman–Crippen LogP) is 7.54. The van der Waals surface area contributed by atoms with E-state index in [-0.39, 0.29) is 22.8 Å². The van der Waals surface area contributed by atoms with E-state index in [2.05, 4.69) is 13.8 Å². The number of ether oxygens (including phenoxy) is 1. The highest BCUT2D eigenvalue weighted by molar-refractivity contribution is 6.31. The monoisotopic (exact) mass is 512 g/mol. The Hall–Kier alpha value is -3.83. The van der Waals surface area contributed by atoms with Crippen molar-refractivity contribution in [1.29, 1.82) is 5.41 Å². The standard InChI is InChI=1S/C31H29ClN2O3/c1-31(2)17-24-27(25(35)18-31)26(19-12-14-23(37-3)15-13-19)28(29(36)20-8-5-4-6-9-20)30(33)34(24)22-11-7-10-21(32)16-22/h4-16,26,33,36H,17-18H2,1-3H3/b29-28+,33-30?. The first-order valence-corrected chi connectivity index (χ1v) is 12.6. The molecule has 0 fully saturated rings. The van der Waals surface area contributed by atoms with Gasteiger partial charge in [-0.25, -0.2) is 0 Å². The molecule has 1 unspecified atom stereocenters. The molecular weight excluding hydrogens is 484 g/mol. The summed E-state index contributed by atoms with van der Waals surface area (Å²) in [4.78, 5) is 15.7. The second kappa shape index (κ2) is 9.56. The van der Waals surface area contributed by atoms with Gasteiger partial charge in [0.1, 0.15) is 17.3 Å². The maximum absolute atomic E-state index is 13.9. The fourth-order valence-electron chi connectivity index (χ4n) is 5.40. The van der Waals surface area contributed by atoms with Gasteiger partial charge in [0.25, 0.3) is 0 Å². The number of hydrogen-bond acceptors (Lipinski definition) is 4. The lowest BCUT2D eigenvalue weighted by Gasteiger charge is -2.45. The number of aliphatic hydroxyl groups is 1. The molecule has 0 spiro atoms. The van der Waals surface area contributed by atoms with E-state index in [0.29, 0.717) is 46.0 Å². The zero-order chi connectivity index (χ0) is 26.3. The van der Waals surface area contributed by atoms with E-state index in [1.54, 1.807) is 36.3 Å². The van der Waals surface area contributed by atoms with Crippen molar-refractivity contribution in [2.24, 2.45) is 5.41 Å². The van der Waals surface area contributed by atoms with Gasteiger partial charge in [-0.2, -0.15) is 0 Å². The van der Waals surface area contributed by atoms with Crippen LogP contribution >= 0.6 is 11.6 Å². The normalized spacial score (nSPS) is 20.5. The van der Waals surface area contributed by atoms with E-state index in [4.69, 9.17) is 16.3 Å². The number of carbonyl (C=O) groups is 1. The highest BCUT2D eigenvalue weighted by Gasteiger charge is 2.46. The largest absolute Gasteiger partial charge is 0.507 e. The highest BCUT2D eigenvalue weighted by Crippen LogP contribution is 2.51. The summed E-state index contributed by atoms with van der Waals surface area (Å²) in [5, 5.41) is 21.7. The van der Waals surface area contributed by atoms with Gasteiger partial charge in [0, 0.05) is 45.5 Å². The van der Waals surface area contributed by atoms with E-state index in [0.717, 1.165) is 11.3 Å². The topological polar surface area (TPSA) is 73.6 Å². The lowest BCUT2D eigenvalue weighted by molar-refractivity contribution is -0.118. The predicted molar refractivity (Wildman–Crippen MR) is 148 cm³/mol. The van der Waals surface area contributed by atoms with Crippen LogP contribution in [0.25, 0.3) is 5.76 Å². The summed E-state index contributed by atoms with van der Waals surface area (Å²) >= 11 is 6.37. The second-order valence-corrected chi connectivity index (χ2v) is 10.7. The van der Waals surface area contributed by atoms with Crippen LogP contribution in [0.4, 0.5) is 5.69 Å². The first-order chi connectivity index (χ1) is 17.7. The van der Waals surface area contributed by atoms with E-state index >= 15 is 0 Å². The Morgan fingerprint density at radius 3 is 2.38 bits per heavy atom. The van der Waals surface area contributed by atoms with Crippen molar-refractivity contribution in [2.75, 3.05) is 12.0 Å². The molecule has 5 rings (SSSR count). The number of ketones is 1. The minimum Gasteiger partial charge on any atom is -0.507 e. The highest BCUT2D eigenvalue weighted by atomic mass is 35.5. The van der Waals surface area contributed by atoms with E-state index in [1.807, 2.05) is 54.6 Å². The molecule has 0 bridgehead atoms. The molecule has 6 heteroatoms. The Labute approximate surface area is 222 Å². The smallest absolute Gasteiger partial charge is 0.162 e. The van der Waals surface area contributed by atoms with Crippen molar-refractivity contribution >= 4 is 34.7 Å². The summed E-state index contributed by atoms with van der Waals surface area (Å²) in [6.07, 6.45) is 0.990. The number of benzene rings is 3. The van der Waals surface area contributed by atoms with Crippen LogP contribution in [0.1, 0.15) is 43.7 Å². The number of carbonyl (C=O) groups excluding carboxylic acids is 1. The third-order valence-corrected chi connectivity index (χ3v) is 7.28. The van der Waals surface area contributed by atoms with Crippen LogP contribution in [-0.2, 0) is 4.79 Å². The number of hydrogen-bond donors (Lipinski definition) is 2. The zero-order valence-electron chi connectivity index (χ0n) is 21.1. The maximum Gasteiger partial charge on any atom is 0.162 e. The molecule has 0 saturated heterocycles. The number of halogens is 1. The van der Waals surface area contributed by atoms with Gasteiger partial charge in [0.15, 0.2) is 5.78 Å². The number of methoxy groups -OCH3 is 1. The van der Waals surface area contributed by atoms with E-state index in [9.17, 15) is 15.3 Å². The van der Waals surface area contributed by atoms with E-state index in [1.165, 1.54) is 0 Å². The molecule has 2 N–H and O–H groups in total. The molecule has 0 amide bonds. The lowest BCUT2D eigenvalue weighted by atomic mass is 9.67. The van der Waals surface area contributed by atoms with Gasteiger partial charge >= 0.3 is 0 Å². The van der Waals surface area contributed by atoms with Crippen LogP contribution in [0.3, 0.4) is 0 Å². The summed E-state index contributed by atoms with van der Waals surface area (Å²) < 4.78 is 5.36. The van der Waals surface area contributed by atoms with Crippen molar-refractivity contribution in [3.63, 3.8) is 0 Å². The third-order valence-electron chi connectivity index (χ3n) is 7.04. The molecule has 3 aromatic rings. The summed E-state index contributed by atoms with van der Waals surface area (Å²) in [5.41, 5.74) is 3.57. The van der Waals surface area contributed by atoms with Crippen LogP contribution in [-0.4, -0.2) is 23.8 Å². The molecule has 3 aromatic carbocycles. The molecule has 2 aliphatic rings. The summed E-state index contributed by atoms with van der Waals surface area (Å²) in [7, 11) is 1.61. The minimum atomic E-state index is -0.604. The van der Waals surface area contributed by atoms with Gasteiger partial charge in [-0.1, -0.05) is 74.0 Å². The number of amidine groups is 1. The van der Waals surface area contributed by atoms with Gasteiger partial charge < -0.3 is 9.84 Å². The van der Waals surface area contributed by atoms with Crippen LogP contribution in [0.5, 0.6) is 5.75 Å². The average molecular weight is 513 g/mol. The number of allylic oxidation sites excluding steroid dienone is 2. The number of aliphatic hydroxyl groups excluding tert-OH is 1. The molecule has 1 aliphatic heterocycles. The SMILES string of the molecule is COc1ccc(C2C3=C(CC(C)(C)CC3=O)N(c3cccc(Cl)c3)C(=N)/C2=C(/O)c2ccccc2)cc1. The summed E-state index contributed by atoms with van der Waals surface area (Å²) in [6.45, 7) is 4.15. The van der Waals surface area contributed by atoms with Gasteiger partial charge in [-0.05, 0) is 47.7 Å². The molecule has 1 atom stereocenters. The van der Waals surface area contributed by atoms with Crippen molar-refractivity contribution < 1.29 is 14.6 Å². The molecule has 37 heavy (non-hydrogen) atoms. The van der Waals surface area contributed by atoms with Crippen LogP contribution < -0.4 is 9.64 Å². The lowest BCUT2D eigenvalue weighted by Crippen LogP contribution is -2.45. The van der Waals surface area contributed by atoms with Crippen molar-refractivity contribution in [1.82, 2.24) is 0 Å². The van der Waals surface area contributed by atoms with Crippen LogP contribution in [0, 0.1) is 10.8 Å². The first kappa shape index (κ1) is 24.8. The Morgan fingerprint density at radius 1 is 1.03 bits per heavy atom. The molecule has 1 heterocycles. The Bertz CT molecular complexity index is 1440. The zero-order valence-corrected chi connectivity index (χ0v) is 21.8. The first-order valence-electron chi connectivity index (χ1n) is 12.2. The summed E-state index contributed by atoms with van der Waals surface area (Å²) in [6, 6.07) is 23.9. The van der Waals surface area contributed by atoms with Crippen LogP contribution in [0.15, 0.2) is 95.7 Å². The second-order valence-electron chi connectivity index (χ2n) is 10.3. The van der Waals surface area contributed by atoms with Gasteiger partial charge in [-0.15, -0.1) is 0 Å². The fourth-order valence-corrected chi connectivity index (χ4v) is 5.58. The van der Waals surface area contributed by atoms with Gasteiger partial charge in [0.05, 0.1) is 7.11 Å². The number of Topliss-reactive ketones (excluding diaryl/α,β-unsaturated/α-hetero) is 1. The van der Waals surface area contributed by atoms with Gasteiger partial charge in [0.2, 0.25) is 0 Å². The molecular formula is C31H29ClN2O3. The Balaban J connectivity index is 1.84. The van der Waals surface area contributed by atoms with Crippen LogP contribution in [0.2, 0.25) is 5.02 Å². The summed E-state index contributed by atoms with van der Waals surface area (Å²) in [5.74, 6) is 0.201. The molecule has 188 valence electrons. The number of nitrogens with one attached hydrogen (secondary N) is 1. The van der Waals surface area contributed by atoms with Crippen molar-refractivity contribution in [3.05, 3.63) is 112 Å². The maximum atomic E-state index is 13.9.